The van der Waals surface area contributed by atoms with Crippen molar-refractivity contribution in [1.82, 2.24) is 0 Å². The molecule has 0 bridgehead atoms. The van der Waals surface area contributed by atoms with Crippen molar-refractivity contribution in [1.29, 1.82) is 0 Å². The molecule has 1 fully saturated rings. The molecule has 12 heteroatoms. The van der Waals surface area contributed by atoms with Crippen LogP contribution < -0.4 is 0 Å². The summed E-state index contributed by atoms with van der Waals surface area (Å²) in [5.74, 6) is -3.11. The molecule has 1 saturated heterocycles. The van der Waals surface area contributed by atoms with Crippen LogP contribution in [0.4, 0.5) is 0 Å². The van der Waals surface area contributed by atoms with Gasteiger partial charge in [-0.15, -0.1) is 0 Å². The minimum Gasteiger partial charge on any atom is -0.479 e. The molecule has 1 heterocycles. The van der Waals surface area contributed by atoms with Crippen molar-refractivity contribution in [2.24, 2.45) is 0 Å². The minimum atomic E-state index is -1.90. The zero-order valence-electron chi connectivity index (χ0n) is 50.6. The Balaban J connectivity index is 2.64. The van der Waals surface area contributed by atoms with Gasteiger partial charge in [-0.2, -0.15) is 0 Å². The molecule has 6 atom stereocenters. The minimum absolute atomic E-state index is 0.0624. The zero-order valence-corrected chi connectivity index (χ0v) is 50.6. The number of aliphatic carboxylic acids is 1. The highest BCUT2D eigenvalue weighted by Gasteiger charge is 2.50. The van der Waals surface area contributed by atoms with Crippen LogP contribution in [0, 0.1) is 0 Å². The third-order valence-electron chi connectivity index (χ3n) is 14.9. The van der Waals surface area contributed by atoms with Gasteiger partial charge in [0.2, 0.25) is 0 Å². The van der Waals surface area contributed by atoms with Crippen LogP contribution in [0.2, 0.25) is 0 Å². The summed E-state index contributed by atoms with van der Waals surface area (Å²) in [5, 5.41) is 31.5. The molecule has 0 amide bonds. The third kappa shape index (κ3) is 45.0. The molecule has 3 N–H and O–H groups in total. The molecule has 79 heavy (non-hydrogen) atoms. The first kappa shape index (κ1) is 73.7. The number of ether oxygens (including phenoxy) is 5. The number of esters is 3. The Bertz CT molecular complexity index is 1560. The molecular formula is C67H118O12. The predicted octanol–water partition coefficient (Wildman–Crippen LogP) is 17.3. The van der Waals surface area contributed by atoms with E-state index in [1.807, 2.05) is 0 Å². The van der Waals surface area contributed by atoms with Gasteiger partial charge in [0.25, 0.3) is 0 Å². The summed E-state index contributed by atoms with van der Waals surface area (Å²) in [7, 11) is 0. The Kier molecular flexibility index (Phi) is 51.5. The first-order valence-electron chi connectivity index (χ1n) is 32.6. The van der Waals surface area contributed by atoms with Crippen molar-refractivity contribution < 1.29 is 58.2 Å². The Morgan fingerprint density at radius 3 is 1.19 bits per heavy atom. The molecule has 1 aliphatic rings. The number of rotatable bonds is 56. The van der Waals surface area contributed by atoms with E-state index in [0.29, 0.717) is 19.3 Å². The van der Waals surface area contributed by atoms with Crippen LogP contribution in [0.25, 0.3) is 0 Å². The number of carbonyl (C=O) groups is 4. The van der Waals surface area contributed by atoms with Gasteiger partial charge in [-0.1, -0.05) is 249 Å². The van der Waals surface area contributed by atoms with Crippen molar-refractivity contribution in [2.75, 3.05) is 13.2 Å². The van der Waals surface area contributed by atoms with E-state index in [1.54, 1.807) is 0 Å². The summed E-state index contributed by atoms with van der Waals surface area (Å²) in [6, 6.07) is 0. The number of carboxylic acid groups (broad SMARTS) is 1. The van der Waals surface area contributed by atoms with E-state index in [2.05, 4.69) is 69.4 Å². The lowest BCUT2D eigenvalue weighted by molar-refractivity contribution is -0.301. The highest BCUT2D eigenvalue weighted by Crippen LogP contribution is 2.27. The predicted molar refractivity (Wildman–Crippen MR) is 322 cm³/mol. The van der Waals surface area contributed by atoms with Crippen molar-refractivity contribution in [3.8, 4) is 0 Å². The maximum atomic E-state index is 13.2. The Morgan fingerprint density at radius 2 is 0.759 bits per heavy atom. The maximum Gasteiger partial charge on any atom is 0.335 e. The van der Waals surface area contributed by atoms with Crippen molar-refractivity contribution in [3.05, 3.63) is 48.6 Å². The van der Waals surface area contributed by atoms with Crippen LogP contribution >= 0.6 is 0 Å². The van der Waals surface area contributed by atoms with Crippen LogP contribution in [0.1, 0.15) is 303 Å². The standard InChI is InChI=1S/C67H118O12/c1-4-7-10-13-16-19-22-24-26-28-30-32-34-36-39-41-44-47-50-53-59(68)75-56-58(77-60(69)54-51-48-45-43-40-37-35-33-31-29-27-25-23-20-17-14-11-8-5-2)57-76-67-65(63(72)62(71)64(79-67)66(73)74)78-61(70)55-52-49-46-42-38-21-18-15-12-9-6-3/h16,19,24-27,30,32,58,62-65,67,71-72H,4-15,17-18,20-23,28-29,31,33-57H2,1-3H3,(H,73,74)/b19-16-,26-24-,27-25-,32-30-. The second-order valence-electron chi connectivity index (χ2n) is 22.4. The summed E-state index contributed by atoms with van der Waals surface area (Å²) < 4.78 is 28.5. The summed E-state index contributed by atoms with van der Waals surface area (Å²) >= 11 is 0. The van der Waals surface area contributed by atoms with E-state index >= 15 is 0 Å². The van der Waals surface area contributed by atoms with E-state index in [9.17, 15) is 34.5 Å². The molecule has 458 valence electrons. The number of allylic oxidation sites excluding steroid dienone is 8. The molecule has 0 radical (unpaired) electrons. The average molecular weight is 1120 g/mol. The van der Waals surface area contributed by atoms with Gasteiger partial charge in [-0.05, 0) is 83.5 Å². The van der Waals surface area contributed by atoms with Gasteiger partial charge in [0.15, 0.2) is 24.6 Å². The first-order chi connectivity index (χ1) is 38.6. The van der Waals surface area contributed by atoms with Crippen LogP contribution in [0.3, 0.4) is 0 Å². The highest BCUT2D eigenvalue weighted by molar-refractivity contribution is 5.74. The van der Waals surface area contributed by atoms with Crippen molar-refractivity contribution in [3.63, 3.8) is 0 Å². The Morgan fingerprint density at radius 1 is 0.418 bits per heavy atom. The zero-order chi connectivity index (χ0) is 57.5. The molecule has 12 nitrogen and oxygen atoms in total. The number of carbonyl (C=O) groups excluding carboxylic acids is 3. The summed E-state index contributed by atoms with van der Waals surface area (Å²) in [4.78, 5) is 51.3. The Hall–Kier alpha value is -3.32. The Labute approximate surface area is 482 Å². The molecule has 0 saturated carbocycles. The quantitative estimate of drug-likeness (QED) is 0.0228. The fourth-order valence-corrected chi connectivity index (χ4v) is 9.84. The van der Waals surface area contributed by atoms with Gasteiger partial charge in [0.1, 0.15) is 18.8 Å². The van der Waals surface area contributed by atoms with Crippen molar-refractivity contribution in [2.45, 2.75) is 340 Å². The molecule has 0 aliphatic carbocycles. The van der Waals surface area contributed by atoms with Crippen molar-refractivity contribution >= 4 is 23.9 Å². The SMILES string of the molecule is CCCCC/C=C\C/C=C\C/C=C\CCCCCCCCC(=O)OCC(COC1OC(C(=O)O)C(O)C(O)C1OC(=O)CCCCCCCCCCCCC)OC(=O)CCCCCCCCCCC/C=C\CCCCCCCC. The number of aliphatic hydroxyl groups excluding tert-OH is 2. The molecule has 0 aromatic rings. The van der Waals surface area contributed by atoms with Crippen LogP contribution in [0.15, 0.2) is 48.6 Å². The average Bonchev–Trinajstić information content (AvgIpc) is 3.47. The lowest BCUT2D eigenvalue weighted by atomic mass is 9.98. The second-order valence-corrected chi connectivity index (χ2v) is 22.4. The molecule has 1 aliphatic heterocycles. The summed E-state index contributed by atoms with van der Waals surface area (Å²) in [6.45, 7) is 5.97. The highest BCUT2D eigenvalue weighted by atomic mass is 16.7. The first-order valence-corrected chi connectivity index (χ1v) is 32.6. The molecule has 0 spiro atoms. The van der Waals surface area contributed by atoms with Crippen LogP contribution in [-0.2, 0) is 42.9 Å². The van der Waals surface area contributed by atoms with Gasteiger partial charge < -0.3 is 39.0 Å². The van der Waals surface area contributed by atoms with E-state index in [0.717, 1.165) is 96.3 Å². The normalized spacial score (nSPS) is 18.1. The monoisotopic (exact) mass is 1110 g/mol. The van der Waals surface area contributed by atoms with Crippen LogP contribution in [-0.4, -0.2) is 89.2 Å². The van der Waals surface area contributed by atoms with Gasteiger partial charge in [0, 0.05) is 19.3 Å². The number of hydrogen-bond donors (Lipinski definition) is 3. The molecule has 6 unspecified atom stereocenters. The second kappa shape index (κ2) is 55.2. The third-order valence-corrected chi connectivity index (χ3v) is 14.9. The van der Waals surface area contributed by atoms with Gasteiger partial charge in [-0.25, -0.2) is 4.79 Å². The molecule has 1 rings (SSSR count). The van der Waals surface area contributed by atoms with E-state index < -0.39 is 67.3 Å². The number of carboxylic acids is 1. The lowest BCUT2D eigenvalue weighted by Gasteiger charge is -2.40. The largest absolute Gasteiger partial charge is 0.479 e. The molecular weight excluding hydrogens is 997 g/mol. The molecule has 0 aromatic heterocycles. The van der Waals surface area contributed by atoms with E-state index in [1.165, 1.54) is 148 Å². The topological polar surface area (TPSA) is 175 Å². The lowest BCUT2D eigenvalue weighted by Crippen LogP contribution is -2.61. The summed E-state index contributed by atoms with van der Waals surface area (Å²) in [5.41, 5.74) is 0. The fourth-order valence-electron chi connectivity index (χ4n) is 9.84. The number of unbranched alkanes of at least 4 members (excludes halogenated alkanes) is 34. The summed E-state index contributed by atoms with van der Waals surface area (Å²) in [6.07, 6.45) is 55.0. The van der Waals surface area contributed by atoms with E-state index in [-0.39, 0.29) is 25.9 Å². The van der Waals surface area contributed by atoms with Crippen LogP contribution in [0.5, 0.6) is 0 Å². The fraction of sp³-hybridized carbons (Fsp3) is 0.821. The number of aliphatic hydroxyl groups is 2. The van der Waals surface area contributed by atoms with Gasteiger partial charge in [-0.3, -0.25) is 14.4 Å². The van der Waals surface area contributed by atoms with E-state index in [4.69, 9.17) is 23.7 Å². The molecule has 0 aromatic carbocycles. The smallest absolute Gasteiger partial charge is 0.335 e. The van der Waals surface area contributed by atoms with Gasteiger partial charge >= 0.3 is 23.9 Å². The number of hydrogen-bond acceptors (Lipinski definition) is 11. The maximum absolute atomic E-state index is 13.2. The van der Waals surface area contributed by atoms with Gasteiger partial charge in [0.05, 0.1) is 6.61 Å².